The van der Waals surface area contributed by atoms with Gasteiger partial charge in [0.1, 0.15) is 11.4 Å². The van der Waals surface area contributed by atoms with Gasteiger partial charge in [-0.25, -0.2) is 9.78 Å². The molecule has 23 heavy (non-hydrogen) atoms. The number of ether oxygens (including phenoxy) is 1. The van der Waals surface area contributed by atoms with Crippen molar-refractivity contribution in [3.8, 4) is 11.4 Å². The second-order valence-electron chi connectivity index (χ2n) is 6.94. The van der Waals surface area contributed by atoms with Gasteiger partial charge in [0, 0.05) is 24.0 Å². The van der Waals surface area contributed by atoms with E-state index in [1.807, 2.05) is 20.8 Å². The van der Waals surface area contributed by atoms with Crippen molar-refractivity contribution in [2.45, 2.75) is 52.1 Å². The number of rotatable bonds is 2. The summed E-state index contributed by atoms with van der Waals surface area (Å²) < 4.78 is 5.31. The molecule has 0 bridgehead atoms. The van der Waals surface area contributed by atoms with Crippen molar-refractivity contribution in [3.63, 3.8) is 0 Å². The van der Waals surface area contributed by atoms with Crippen LogP contribution in [0, 0.1) is 0 Å². The highest BCUT2D eigenvalue weighted by molar-refractivity contribution is 5.90. The molecule has 0 saturated carbocycles. The molecule has 6 nitrogen and oxygen atoms in total. The zero-order valence-corrected chi connectivity index (χ0v) is 13.9. The summed E-state index contributed by atoms with van der Waals surface area (Å²) in [5.74, 6) is 1.20. The average Bonchev–Trinajstić information content (AvgIpc) is 3.00. The van der Waals surface area contributed by atoms with E-state index in [2.05, 4.69) is 22.2 Å². The van der Waals surface area contributed by atoms with Crippen LogP contribution in [0.3, 0.4) is 0 Å². The highest BCUT2D eigenvalue weighted by Crippen LogP contribution is 2.34. The fourth-order valence-corrected chi connectivity index (χ4v) is 2.75. The van der Waals surface area contributed by atoms with Crippen molar-refractivity contribution in [2.75, 3.05) is 5.32 Å². The standard InChI is InChI=1S/C17H22N4O2/c1-10-5-6-13-14(10)21-15(19-13)11-9-18-8-7-12(11)20-16(22)23-17(2,3)4/h7-10H,5-6H2,1-4H3,(H,19,21)(H,18,20,22). The Bertz CT molecular complexity index is 730. The number of anilines is 1. The molecule has 1 amide bonds. The maximum atomic E-state index is 12.0. The number of imidazole rings is 1. The van der Waals surface area contributed by atoms with Crippen LogP contribution in [0.4, 0.5) is 10.5 Å². The molecule has 3 rings (SSSR count). The van der Waals surface area contributed by atoms with Crippen molar-refractivity contribution in [1.82, 2.24) is 15.0 Å². The Morgan fingerprint density at radius 2 is 2.22 bits per heavy atom. The summed E-state index contributed by atoms with van der Waals surface area (Å²) in [7, 11) is 0. The molecule has 0 fully saturated rings. The number of pyridine rings is 1. The van der Waals surface area contributed by atoms with Crippen molar-refractivity contribution in [3.05, 3.63) is 29.8 Å². The lowest BCUT2D eigenvalue weighted by atomic mass is 10.1. The Hall–Kier alpha value is -2.37. The van der Waals surface area contributed by atoms with E-state index in [0.29, 0.717) is 11.6 Å². The highest BCUT2D eigenvalue weighted by Gasteiger charge is 2.25. The molecule has 122 valence electrons. The maximum Gasteiger partial charge on any atom is 0.412 e. The second-order valence-corrected chi connectivity index (χ2v) is 6.94. The molecule has 2 heterocycles. The summed E-state index contributed by atoms with van der Waals surface area (Å²) in [6, 6.07) is 1.75. The van der Waals surface area contributed by atoms with Crippen LogP contribution in [0.2, 0.25) is 0 Å². The third kappa shape index (κ3) is 3.36. The third-order valence-electron chi connectivity index (χ3n) is 3.82. The molecular weight excluding hydrogens is 292 g/mol. The Labute approximate surface area is 135 Å². The minimum atomic E-state index is -0.543. The molecule has 1 unspecified atom stereocenters. The monoisotopic (exact) mass is 314 g/mol. The SMILES string of the molecule is CC1CCc2[nH]c(-c3cnccc3NC(=O)OC(C)(C)C)nc21. The summed E-state index contributed by atoms with van der Waals surface area (Å²) in [5, 5.41) is 2.78. The molecule has 1 aliphatic rings. The zero-order valence-electron chi connectivity index (χ0n) is 13.9. The fourth-order valence-electron chi connectivity index (χ4n) is 2.75. The lowest BCUT2D eigenvalue weighted by Crippen LogP contribution is -2.27. The lowest BCUT2D eigenvalue weighted by molar-refractivity contribution is 0.0636. The number of aryl methyl sites for hydroxylation is 1. The van der Waals surface area contributed by atoms with Gasteiger partial charge in [-0.15, -0.1) is 0 Å². The summed E-state index contributed by atoms with van der Waals surface area (Å²) in [6.45, 7) is 7.68. The zero-order chi connectivity index (χ0) is 16.6. The molecule has 2 aromatic rings. The summed E-state index contributed by atoms with van der Waals surface area (Å²) in [6.07, 6.45) is 4.99. The van der Waals surface area contributed by atoms with E-state index in [4.69, 9.17) is 9.72 Å². The van der Waals surface area contributed by atoms with Crippen LogP contribution in [0.15, 0.2) is 18.5 Å². The largest absolute Gasteiger partial charge is 0.444 e. The molecule has 0 spiro atoms. The fraction of sp³-hybridized carbons (Fsp3) is 0.471. The summed E-state index contributed by atoms with van der Waals surface area (Å²) >= 11 is 0. The Morgan fingerprint density at radius 1 is 1.43 bits per heavy atom. The van der Waals surface area contributed by atoms with Gasteiger partial charge in [-0.05, 0) is 39.7 Å². The topological polar surface area (TPSA) is 79.9 Å². The van der Waals surface area contributed by atoms with E-state index in [0.717, 1.165) is 29.9 Å². The van der Waals surface area contributed by atoms with E-state index in [9.17, 15) is 4.79 Å². The van der Waals surface area contributed by atoms with E-state index in [1.54, 1.807) is 18.5 Å². The van der Waals surface area contributed by atoms with Crippen molar-refractivity contribution in [1.29, 1.82) is 0 Å². The van der Waals surface area contributed by atoms with Crippen LogP contribution in [-0.2, 0) is 11.2 Å². The third-order valence-corrected chi connectivity index (χ3v) is 3.82. The normalized spacial score (nSPS) is 17.0. The van der Waals surface area contributed by atoms with Gasteiger partial charge in [0.15, 0.2) is 0 Å². The number of amides is 1. The number of hydrogen-bond donors (Lipinski definition) is 2. The van der Waals surface area contributed by atoms with E-state index >= 15 is 0 Å². The highest BCUT2D eigenvalue weighted by atomic mass is 16.6. The first-order chi connectivity index (χ1) is 10.8. The number of H-pyrrole nitrogens is 1. The number of carbonyl (C=O) groups excluding carboxylic acids is 1. The van der Waals surface area contributed by atoms with Gasteiger partial charge in [0.25, 0.3) is 0 Å². The Balaban J connectivity index is 1.87. The molecule has 0 aromatic carbocycles. The molecule has 2 aromatic heterocycles. The minimum Gasteiger partial charge on any atom is -0.444 e. The van der Waals surface area contributed by atoms with Gasteiger partial charge in [-0.1, -0.05) is 6.92 Å². The van der Waals surface area contributed by atoms with Crippen LogP contribution in [0.25, 0.3) is 11.4 Å². The minimum absolute atomic E-state index is 0.467. The van der Waals surface area contributed by atoms with Gasteiger partial charge < -0.3 is 9.72 Å². The molecule has 0 saturated heterocycles. The van der Waals surface area contributed by atoms with E-state index in [1.165, 1.54) is 5.69 Å². The molecule has 0 radical (unpaired) electrons. The molecule has 1 atom stereocenters. The first kappa shape index (κ1) is 15.5. The van der Waals surface area contributed by atoms with E-state index < -0.39 is 11.7 Å². The van der Waals surface area contributed by atoms with Crippen LogP contribution >= 0.6 is 0 Å². The van der Waals surface area contributed by atoms with E-state index in [-0.39, 0.29) is 0 Å². The Kier molecular flexibility index (Phi) is 3.83. The van der Waals surface area contributed by atoms with Crippen molar-refractivity contribution >= 4 is 11.8 Å². The van der Waals surface area contributed by atoms with Crippen molar-refractivity contribution in [2.24, 2.45) is 0 Å². The van der Waals surface area contributed by atoms with Gasteiger partial charge in [-0.3, -0.25) is 10.3 Å². The number of carbonyl (C=O) groups is 1. The number of nitrogens with zero attached hydrogens (tertiary/aromatic N) is 2. The molecular formula is C17H22N4O2. The smallest absolute Gasteiger partial charge is 0.412 e. The number of nitrogens with one attached hydrogen (secondary N) is 2. The average molecular weight is 314 g/mol. The van der Waals surface area contributed by atoms with Gasteiger partial charge in [0.05, 0.1) is 16.9 Å². The molecule has 0 aliphatic heterocycles. The Morgan fingerprint density at radius 3 is 2.91 bits per heavy atom. The lowest BCUT2D eigenvalue weighted by Gasteiger charge is -2.20. The van der Waals surface area contributed by atoms with Gasteiger partial charge in [-0.2, -0.15) is 0 Å². The summed E-state index contributed by atoms with van der Waals surface area (Å²) in [5.41, 5.74) is 3.15. The van der Waals surface area contributed by atoms with Crippen LogP contribution in [-0.4, -0.2) is 26.6 Å². The predicted octanol–water partition coefficient (Wildman–Crippen LogP) is 3.87. The van der Waals surface area contributed by atoms with Crippen LogP contribution in [0.1, 0.15) is 51.4 Å². The number of hydrogen-bond acceptors (Lipinski definition) is 4. The molecule has 2 N–H and O–H groups in total. The van der Waals surface area contributed by atoms with Crippen molar-refractivity contribution < 1.29 is 9.53 Å². The first-order valence-corrected chi connectivity index (χ1v) is 7.86. The quantitative estimate of drug-likeness (QED) is 0.882. The first-order valence-electron chi connectivity index (χ1n) is 7.86. The molecule has 6 heteroatoms. The molecule has 1 aliphatic carbocycles. The summed E-state index contributed by atoms with van der Waals surface area (Å²) in [4.78, 5) is 24.2. The number of aromatic nitrogens is 3. The number of fused-ring (bicyclic) bond motifs is 1. The van der Waals surface area contributed by atoms with Gasteiger partial charge >= 0.3 is 6.09 Å². The predicted molar refractivity (Wildman–Crippen MR) is 88.4 cm³/mol. The second kappa shape index (κ2) is 5.68. The van der Waals surface area contributed by atoms with Crippen LogP contribution < -0.4 is 5.32 Å². The number of aromatic amines is 1. The van der Waals surface area contributed by atoms with Crippen LogP contribution in [0.5, 0.6) is 0 Å². The maximum absolute atomic E-state index is 12.0. The van der Waals surface area contributed by atoms with Gasteiger partial charge in [0.2, 0.25) is 0 Å².